The lowest BCUT2D eigenvalue weighted by atomic mass is 9.91. The minimum Gasteiger partial charge on any atom is -0.504 e. The van der Waals surface area contributed by atoms with E-state index >= 15 is 4.39 Å². The highest BCUT2D eigenvalue weighted by atomic mass is 19.1. The molecule has 51 heavy (non-hydrogen) atoms. The smallest absolute Gasteiger partial charge is 0.344 e. The minimum atomic E-state index is -1.06. The number of aromatic hydroxyl groups is 1. The fourth-order valence-electron chi connectivity index (χ4n) is 6.28. The zero-order chi connectivity index (χ0) is 38.2. The van der Waals surface area contributed by atoms with Crippen molar-refractivity contribution in [1.29, 1.82) is 0 Å². The molecule has 0 saturated carbocycles. The largest absolute Gasteiger partial charge is 0.504 e. The highest BCUT2D eigenvalue weighted by Crippen LogP contribution is 2.42. The van der Waals surface area contributed by atoms with Gasteiger partial charge in [-0.1, -0.05) is 6.92 Å². The number of rotatable bonds is 10. The zero-order valence-corrected chi connectivity index (χ0v) is 30.5. The summed E-state index contributed by atoms with van der Waals surface area (Å²) >= 11 is 0. The molecule has 1 unspecified atom stereocenters. The van der Waals surface area contributed by atoms with Crippen molar-refractivity contribution >= 4 is 23.7 Å². The molecule has 0 bridgehead atoms. The Morgan fingerprint density at radius 2 is 1.35 bits per heavy atom. The number of carboxylic acid groups (broad SMARTS) is 1. The van der Waals surface area contributed by atoms with Crippen LogP contribution in [0.15, 0.2) is 29.6 Å². The molecule has 0 amide bonds. The van der Waals surface area contributed by atoms with Crippen molar-refractivity contribution in [3.8, 4) is 28.7 Å². The monoisotopic (exact) mass is 704 g/mol. The molecule has 1 atom stereocenters. The van der Waals surface area contributed by atoms with Gasteiger partial charge in [-0.3, -0.25) is 19.4 Å². The molecule has 12 heteroatoms. The number of aromatic carboxylic acids is 1. The van der Waals surface area contributed by atoms with Gasteiger partial charge >= 0.3 is 17.9 Å². The van der Waals surface area contributed by atoms with Gasteiger partial charge in [0, 0.05) is 33.9 Å². The molecule has 1 aliphatic rings. The number of carboxylic acids is 1. The number of carbonyl (C=O) groups excluding carboxylic acids is 3. The van der Waals surface area contributed by atoms with Crippen molar-refractivity contribution in [2.75, 3.05) is 7.11 Å². The second-order valence-corrected chi connectivity index (χ2v) is 12.6. The zero-order valence-electron chi connectivity index (χ0n) is 30.5. The van der Waals surface area contributed by atoms with Gasteiger partial charge in [0.1, 0.15) is 17.4 Å². The Labute approximate surface area is 295 Å². The minimum absolute atomic E-state index is 0.0226. The predicted octanol–water partition coefficient (Wildman–Crippen LogP) is 7.43. The van der Waals surface area contributed by atoms with Crippen LogP contribution in [0.4, 0.5) is 4.39 Å². The number of phenolic OH excluding ortho intramolecular Hbond substituents is 1. The van der Waals surface area contributed by atoms with Crippen LogP contribution in [-0.4, -0.2) is 41.0 Å². The third-order valence-electron chi connectivity index (χ3n) is 9.46. The molecule has 0 aliphatic heterocycles. The Bertz CT molecular complexity index is 2040. The van der Waals surface area contributed by atoms with E-state index in [0.29, 0.717) is 51.1 Å². The Balaban J connectivity index is 1.62. The summed E-state index contributed by atoms with van der Waals surface area (Å²) in [5.74, 6) is -5.61. The maximum Gasteiger partial charge on any atom is 0.344 e. The lowest BCUT2D eigenvalue weighted by Gasteiger charge is -2.23. The lowest BCUT2D eigenvalue weighted by Crippen LogP contribution is -2.28. The summed E-state index contributed by atoms with van der Waals surface area (Å²) < 4.78 is 32.3. The maximum atomic E-state index is 15.8. The molecular formula is C39H41FO11. The number of aryl methyl sites for hydroxylation is 1. The molecular weight excluding hydrogens is 663 g/mol. The average molecular weight is 705 g/mol. The summed E-state index contributed by atoms with van der Waals surface area (Å²) in [7, 11) is 1.31. The molecule has 3 aromatic carbocycles. The van der Waals surface area contributed by atoms with Crippen molar-refractivity contribution in [3.63, 3.8) is 0 Å². The first-order valence-electron chi connectivity index (χ1n) is 16.1. The highest BCUT2D eigenvalue weighted by molar-refractivity contribution is 6.03. The molecule has 0 saturated heterocycles. The number of phenols is 1. The van der Waals surface area contributed by atoms with Crippen molar-refractivity contribution in [3.05, 3.63) is 96.6 Å². The van der Waals surface area contributed by atoms with Crippen LogP contribution in [0, 0.1) is 67.1 Å². The van der Waals surface area contributed by atoms with E-state index < -0.39 is 29.6 Å². The predicted molar refractivity (Wildman–Crippen MR) is 184 cm³/mol. The Morgan fingerprint density at radius 1 is 0.765 bits per heavy atom. The van der Waals surface area contributed by atoms with Crippen molar-refractivity contribution in [1.82, 2.24) is 0 Å². The van der Waals surface area contributed by atoms with E-state index in [-0.39, 0.29) is 62.4 Å². The maximum absolute atomic E-state index is 15.8. The third kappa shape index (κ3) is 6.90. The van der Waals surface area contributed by atoms with Crippen LogP contribution >= 0.6 is 0 Å². The summed E-state index contributed by atoms with van der Waals surface area (Å²) in [6.45, 7) is 16.0. The van der Waals surface area contributed by atoms with Gasteiger partial charge in [-0.15, -0.1) is 0 Å². The first-order chi connectivity index (χ1) is 23.9. The van der Waals surface area contributed by atoms with E-state index in [4.69, 9.17) is 24.0 Å². The molecule has 3 aromatic rings. The van der Waals surface area contributed by atoms with E-state index in [1.807, 2.05) is 6.92 Å². The number of allylic oxidation sites excluding steroid dienone is 2. The van der Waals surface area contributed by atoms with E-state index in [1.165, 1.54) is 40.0 Å². The van der Waals surface area contributed by atoms with E-state index in [1.54, 1.807) is 41.5 Å². The van der Waals surface area contributed by atoms with Gasteiger partial charge in [0.2, 0.25) is 5.75 Å². The molecule has 2 N–H and O–H groups in total. The number of ether oxygens (including phenoxy) is 3. The fourth-order valence-corrected chi connectivity index (χ4v) is 6.28. The van der Waals surface area contributed by atoms with Crippen LogP contribution in [0.5, 0.6) is 28.7 Å². The van der Waals surface area contributed by atoms with Crippen LogP contribution in [-0.2, 0) is 20.7 Å². The third-order valence-corrected chi connectivity index (χ3v) is 9.46. The SMILES string of the molecule is CCc1c(C)c(C(=O)O)c(C)c(C)c1OOc1c(C)cc(OC(=O)c2c(C)c(C)c(OC(=O)C3C(C)=CC(=O)C=C3OC)c(F)c2C)c(C)c1O. The molecule has 11 nitrogen and oxygen atoms in total. The first-order valence-corrected chi connectivity index (χ1v) is 16.1. The molecule has 270 valence electrons. The van der Waals surface area contributed by atoms with Crippen molar-refractivity contribution < 1.29 is 57.8 Å². The molecule has 0 radical (unpaired) electrons. The number of methoxy groups -OCH3 is 1. The van der Waals surface area contributed by atoms with Gasteiger partial charge in [-0.25, -0.2) is 14.0 Å². The van der Waals surface area contributed by atoms with E-state index in [9.17, 15) is 29.4 Å². The lowest BCUT2D eigenvalue weighted by molar-refractivity contribution is -0.137. The van der Waals surface area contributed by atoms with Crippen LogP contribution in [0.3, 0.4) is 0 Å². The number of halogens is 1. The number of esters is 2. The fraction of sp³-hybridized carbons (Fsp3) is 0.333. The molecule has 0 aromatic heterocycles. The van der Waals surface area contributed by atoms with Gasteiger partial charge in [-0.2, -0.15) is 0 Å². The van der Waals surface area contributed by atoms with Gasteiger partial charge < -0.3 is 24.4 Å². The second kappa shape index (κ2) is 14.7. The summed E-state index contributed by atoms with van der Waals surface area (Å²) in [4.78, 5) is 62.0. The van der Waals surface area contributed by atoms with Gasteiger partial charge in [0.25, 0.3) is 0 Å². The second-order valence-electron chi connectivity index (χ2n) is 12.6. The first kappa shape index (κ1) is 38.2. The molecule has 1 aliphatic carbocycles. The topological polar surface area (TPSA) is 155 Å². The number of hydrogen-bond acceptors (Lipinski definition) is 10. The summed E-state index contributed by atoms with van der Waals surface area (Å²) in [5.41, 5.74) is 3.53. The Kier molecular flexibility index (Phi) is 11.0. The molecule has 0 spiro atoms. The summed E-state index contributed by atoms with van der Waals surface area (Å²) in [6.07, 6.45) is 2.89. The van der Waals surface area contributed by atoms with Crippen LogP contribution in [0.2, 0.25) is 0 Å². The summed E-state index contributed by atoms with van der Waals surface area (Å²) in [6, 6.07) is 1.46. The number of ketones is 1. The standard InChI is InChI=1S/C39H41FO11/c1-12-26-22(8)30(37(43)44)18(4)20(6)35(26)51-50-34-17(3)14-27(23(9)33(34)42)48-39(46)31-19(5)21(7)36(32(40)24(31)10)49-38(45)29-16(2)13-25(41)15-28(29)47-11/h13-15,29,42H,12H2,1-11H3,(H,43,44). The van der Waals surface area contributed by atoms with Gasteiger partial charge in [0.05, 0.1) is 18.2 Å². The van der Waals surface area contributed by atoms with Crippen LogP contribution < -0.4 is 19.2 Å². The highest BCUT2D eigenvalue weighted by Gasteiger charge is 2.34. The molecule has 0 fully saturated rings. The van der Waals surface area contributed by atoms with Crippen molar-refractivity contribution in [2.45, 2.75) is 75.7 Å². The quantitative estimate of drug-likeness (QED) is 0.0937. The number of carbonyl (C=O) groups is 4. The Morgan fingerprint density at radius 3 is 1.94 bits per heavy atom. The normalized spacial score (nSPS) is 14.0. The molecule has 0 heterocycles. The van der Waals surface area contributed by atoms with Gasteiger partial charge in [-0.05, 0) is 109 Å². The van der Waals surface area contributed by atoms with Gasteiger partial charge in [0.15, 0.2) is 28.8 Å². The number of hydrogen-bond donors (Lipinski definition) is 2. The van der Waals surface area contributed by atoms with E-state index in [2.05, 4.69) is 0 Å². The van der Waals surface area contributed by atoms with Crippen LogP contribution in [0.25, 0.3) is 0 Å². The van der Waals surface area contributed by atoms with E-state index in [0.717, 1.165) is 6.08 Å². The Hall–Kier alpha value is -5.65. The molecule has 4 rings (SSSR count). The van der Waals surface area contributed by atoms with Crippen LogP contribution in [0.1, 0.15) is 84.6 Å². The van der Waals surface area contributed by atoms with Crippen molar-refractivity contribution in [2.24, 2.45) is 5.92 Å². The average Bonchev–Trinajstić information content (AvgIpc) is 3.06. The summed E-state index contributed by atoms with van der Waals surface area (Å²) in [5, 5.41) is 20.9. The number of benzene rings is 3.